The van der Waals surface area contributed by atoms with E-state index in [2.05, 4.69) is 32.8 Å². The maximum absolute atomic E-state index is 5.90. The van der Waals surface area contributed by atoms with Gasteiger partial charge in [-0.05, 0) is 28.4 Å². The molecule has 0 saturated carbocycles. The van der Waals surface area contributed by atoms with E-state index in [1.54, 1.807) is 12.5 Å². The molecular weight excluding hydrogens is 256 g/mol. The van der Waals surface area contributed by atoms with E-state index in [4.69, 9.17) is 5.73 Å². The number of nitrogens with two attached hydrogens (primary N) is 1. The highest BCUT2D eigenvalue weighted by Gasteiger charge is 2.07. The summed E-state index contributed by atoms with van der Waals surface area (Å²) in [4.78, 5) is 8.61. The molecule has 0 amide bonds. The Bertz CT molecular complexity index is 465. The van der Waals surface area contributed by atoms with E-state index in [1.807, 2.05) is 10.6 Å². The molecule has 2 aromatic rings. The summed E-state index contributed by atoms with van der Waals surface area (Å²) in [7, 11) is 0. The zero-order chi connectivity index (χ0) is 10.8. The van der Waals surface area contributed by atoms with Gasteiger partial charge in [0.1, 0.15) is 5.52 Å². The van der Waals surface area contributed by atoms with Crippen molar-refractivity contribution in [2.45, 2.75) is 25.9 Å². The molecule has 2 aromatic heterocycles. The fraction of sp³-hybridized carbons (Fsp3) is 0.400. The third kappa shape index (κ3) is 2.18. The van der Waals surface area contributed by atoms with E-state index in [1.165, 1.54) is 0 Å². The minimum absolute atomic E-state index is 0.160. The quantitative estimate of drug-likeness (QED) is 0.926. The van der Waals surface area contributed by atoms with Crippen molar-refractivity contribution in [2.75, 3.05) is 0 Å². The lowest BCUT2D eigenvalue weighted by molar-refractivity contribution is 0.546. The Kier molecular flexibility index (Phi) is 3.02. The lowest BCUT2D eigenvalue weighted by Gasteiger charge is -2.09. The molecule has 0 fully saturated rings. The summed E-state index contributed by atoms with van der Waals surface area (Å²) in [5.74, 6) is 0. The van der Waals surface area contributed by atoms with Gasteiger partial charge in [0.15, 0.2) is 5.65 Å². The van der Waals surface area contributed by atoms with Gasteiger partial charge in [0.05, 0.1) is 6.33 Å². The lowest BCUT2D eigenvalue weighted by atomic mass is 10.2. The van der Waals surface area contributed by atoms with Gasteiger partial charge >= 0.3 is 0 Å². The average Bonchev–Trinajstić information content (AvgIpc) is 2.60. The summed E-state index contributed by atoms with van der Waals surface area (Å²) in [6.07, 6.45) is 4.52. The summed E-state index contributed by atoms with van der Waals surface area (Å²) in [6, 6.07) is 2.11. The Morgan fingerprint density at radius 1 is 1.53 bits per heavy atom. The Morgan fingerprint density at radius 2 is 2.33 bits per heavy atom. The van der Waals surface area contributed by atoms with E-state index in [0.717, 1.165) is 28.6 Å². The van der Waals surface area contributed by atoms with Crippen LogP contribution in [0.5, 0.6) is 0 Å². The summed E-state index contributed by atoms with van der Waals surface area (Å²) in [6.45, 7) is 2.84. The Morgan fingerprint density at radius 3 is 3.07 bits per heavy atom. The maximum atomic E-state index is 5.90. The molecule has 1 unspecified atom stereocenters. The van der Waals surface area contributed by atoms with Crippen molar-refractivity contribution in [1.29, 1.82) is 0 Å². The molecule has 0 aliphatic rings. The van der Waals surface area contributed by atoms with Gasteiger partial charge in [-0.3, -0.25) is 0 Å². The van der Waals surface area contributed by atoms with Gasteiger partial charge in [-0.15, -0.1) is 0 Å². The van der Waals surface area contributed by atoms with Crippen molar-refractivity contribution in [3.8, 4) is 0 Å². The van der Waals surface area contributed by atoms with Crippen LogP contribution in [0, 0.1) is 0 Å². The monoisotopic (exact) mass is 268 g/mol. The lowest BCUT2D eigenvalue weighted by Crippen LogP contribution is -2.24. The van der Waals surface area contributed by atoms with Gasteiger partial charge in [0.25, 0.3) is 0 Å². The molecule has 0 bridgehead atoms. The van der Waals surface area contributed by atoms with Gasteiger partial charge in [-0.2, -0.15) is 0 Å². The molecule has 0 spiro atoms. The average molecular weight is 269 g/mol. The molecule has 2 heterocycles. The van der Waals surface area contributed by atoms with Crippen molar-refractivity contribution >= 4 is 27.1 Å². The van der Waals surface area contributed by atoms with Crippen molar-refractivity contribution < 1.29 is 0 Å². The minimum Gasteiger partial charge on any atom is -0.326 e. The highest BCUT2D eigenvalue weighted by atomic mass is 79.9. The molecule has 0 aliphatic heterocycles. The number of imidazole rings is 1. The summed E-state index contributed by atoms with van der Waals surface area (Å²) >= 11 is 3.37. The fourth-order valence-electron chi connectivity index (χ4n) is 1.44. The van der Waals surface area contributed by atoms with Crippen LogP contribution < -0.4 is 5.73 Å². The number of pyridine rings is 1. The van der Waals surface area contributed by atoms with E-state index in [-0.39, 0.29) is 6.04 Å². The number of hydrogen-bond acceptors (Lipinski definition) is 3. The first kappa shape index (κ1) is 10.6. The molecule has 2 rings (SSSR count). The molecule has 0 saturated heterocycles. The summed E-state index contributed by atoms with van der Waals surface area (Å²) in [5.41, 5.74) is 7.69. The van der Waals surface area contributed by atoms with Crippen LogP contribution in [0.4, 0.5) is 0 Å². The number of rotatable bonds is 3. The molecule has 0 aromatic carbocycles. The maximum Gasteiger partial charge on any atom is 0.159 e. The first-order valence-corrected chi connectivity index (χ1v) is 5.72. The van der Waals surface area contributed by atoms with Gasteiger partial charge in [0.2, 0.25) is 0 Å². The van der Waals surface area contributed by atoms with Gasteiger partial charge < -0.3 is 10.3 Å². The SMILES string of the molecule is CCC(N)Cn1cnc2cc(Br)cnc21. The molecule has 15 heavy (non-hydrogen) atoms. The summed E-state index contributed by atoms with van der Waals surface area (Å²) < 4.78 is 2.94. The highest BCUT2D eigenvalue weighted by molar-refractivity contribution is 9.10. The Labute approximate surface area is 96.6 Å². The van der Waals surface area contributed by atoms with E-state index in [9.17, 15) is 0 Å². The van der Waals surface area contributed by atoms with Crippen LogP contribution in [0.15, 0.2) is 23.1 Å². The van der Waals surface area contributed by atoms with E-state index < -0.39 is 0 Å². The van der Waals surface area contributed by atoms with Crippen molar-refractivity contribution in [3.63, 3.8) is 0 Å². The second-order valence-electron chi connectivity index (χ2n) is 3.56. The molecular formula is C10H13BrN4. The van der Waals surface area contributed by atoms with Crippen LogP contribution in [0.3, 0.4) is 0 Å². The van der Waals surface area contributed by atoms with E-state index >= 15 is 0 Å². The minimum atomic E-state index is 0.160. The standard InChI is InChI=1S/C10H13BrN4/c1-2-8(12)5-15-6-14-9-3-7(11)4-13-10(9)15/h3-4,6,8H,2,5,12H2,1H3. The number of fused-ring (bicyclic) bond motifs is 1. The number of aromatic nitrogens is 3. The fourth-order valence-corrected chi connectivity index (χ4v) is 1.76. The third-order valence-electron chi connectivity index (χ3n) is 2.38. The molecule has 0 radical (unpaired) electrons. The molecule has 2 N–H and O–H groups in total. The third-order valence-corrected chi connectivity index (χ3v) is 2.81. The summed E-state index contributed by atoms with van der Waals surface area (Å²) in [5, 5.41) is 0. The van der Waals surface area contributed by atoms with Gasteiger partial charge in [0, 0.05) is 23.3 Å². The zero-order valence-corrected chi connectivity index (χ0v) is 10.1. The van der Waals surface area contributed by atoms with Crippen LogP contribution in [0.1, 0.15) is 13.3 Å². The zero-order valence-electron chi connectivity index (χ0n) is 8.52. The molecule has 1 atom stereocenters. The molecule has 0 aliphatic carbocycles. The van der Waals surface area contributed by atoms with Crippen LogP contribution in [0.25, 0.3) is 11.2 Å². The normalized spacial score (nSPS) is 13.3. The molecule has 80 valence electrons. The highest BCUT2D eigenvalue weighted by Crippen LogP contribution is 2.16. The largest absolute Gasteiger partial charge is 0.326 e. The van der Waals surface area contributed by atoms with Gasteiger partial charge in [-0.1, -0.05) is 6.92 Å². The van der Waals surface area contributed by atoms with Gasteiger partial charge in [-0.25, -0.2) is 9.97 Å². The van der Waals surface area contributed by atoms with Crippen LogP contribution in [-0.2, 0) is 6.54 Å². The second-order valence-corrected chi connectivity index (χ2v) is 4.48. The topological polar surface area (TPSA) is 56.7 Å². The molecule has 4 nitrogen and oxygen atoms in total. The van der Waals surface area contributed by atoms with Crippen molar-refractivity contribution in [3.05, 3.63) is 23.1 Å². The van der Waals surface area contributed by atoms with Crippen LogP contribution in [0.2, 0.25) is 0 Å². The second kappa shape index (κ2) is 4.28. The van der Waals surface area contributed by atoms with E-state index in [0.29, 0.717) is 0 Å². The Balaban J connectivity index is 2.36. The first-order chi connectivity index (χ1) is 7.20. The van der Waals surface area contributed by atoms with Crippen LogP contribution >= 0.6 is 15.9 Å². The number of nitrogens with zero attached hydrogens (tertiary/aromatic N) is 3. The molecule has 5 heteroatoms. The van der Waals surface area contributed by atoms with Crippen molar-refractivity contribution in [2.24, 2.45) is 5.73 Å². The van der Waals surface area contributed by atoms with Crippen LogP contribution in [-0.4, -0.2) is 20.6 Å². The first-order valence-electron chi connectivity index (χ1n) is 4.92. The predicted octanol–water partition coefficient (Wildman–Crippen LogP) is 1.93. The number of hydrogen-bond donors (Lipinski definition) is 1. The smallest absolute Gasteiger partial charge is 0.159 e. The number of halogens is 1. The van der Waals surface area contributed by atoms with Crippen molar-refractivity contribution in [1.82, 2.24) is 14.5 Å². The predicted molar refractivity (Wildman–Crippen MR) is 63.5 cm³/mol. The Hall–Kier alpha value is -0.940.